The molecule has 7 heavy (non-hydrogen) atoms. The molecule has 0 unspecified atom stereocenters. The summed E-state index contributed by atoms with van der Waals surface area (Å²) in [6, 6.07) is 0. The van der Waals surface area contributed by atoms with Crippen molar-refractivity contribution < 1.29 is 5.11 Å². The minimum atomic E-state index is 0.165. The Morgan fingerprint density at radius 1 is 1.57 bits per heavy atom. The molecule has 0 spiro atoms. The lowest BCUT2D eigenvalue weighted by molar-refractivity contribution is 0.342. The maximum absolute atomic E-state index is 8.23. The lowest BCUT2D eigenvalue weighted by Crippen LogP contribution is -1.78. The lowest BCUT2D eigenvalue weighted by atomic mass is 10.2. The predicted octanol–water partition coefficient (Wildman–Crippen LogP) is 1.19. The molecule has 0 atom stereocenters. The lowest BCUT2D eigenvalue weighted by Gasteiger charge is -1.88. The van der Waals surface area contributed by atoms with Crippen molar-refractivity contribution in [3.63, 3.8) is 0 Å². The van der Waals surface area contributed by atoms with Crippen LogP contribution in [0.1, 0.15) is 13.8 Å². The monoisotopic (exact) mass is 100 g/mol. The normalized spacial score (nSPS) is 11.4. The fourth-order valence-corrected chi connectivity index (χ4v) is 0.333. The van der Waals surface area contributed by atoms with Gasteiger partial charge in [-0.05, 0) is 5.92 Å². The Morgan fingerprint density at radius 2 is 2.14 bits per heavy atom. The van der Waals surface area contributed by atoms with Gasteiger partial charge in [-0.2, -0.15) is 0 Å². The summed E-state index contributed by atoms with van der Waals surface area (Å²) in [6.45, 7) is 4.32. The summed E-state index contributed by atoms with van der Waals surface area (Å²) >= 11 is 0. The zero-order valence-corrected chi connectivity index (χ0v) is 4.89. The molecule has 0 aromatic carbocycles. The number of aliphatic hydroxyl groups is 1. The van der Waals surface area contributed by atoms with Crippen LogP contribution in [0.25, 0.3) is 0 Å². The molecule has 0 aromatic rings. The van der Waals surface area contributed by atoms with Crippen molar-refractivity contribution in [2.24, 2.45) is 5.92 Å². The first kappa shape index (κ1) is 6.70. The summed E-state index contributed by atoms with van der Waals surface area (Å²) in [6.07, 6.45) is 3.73. The molecule has 0 saturated heterocycles. The van der Waals surface area contributed by atoms with Gasteiger partial charge in [0.2, 0.25) is 0 Å². The van der Waals surface area contributed by atoms with E-state index in [4.69, 9.17) is 5.11 Å². The molecule has 0 aliphatic carbocycles. The topological polar surface area (TPSA) is 20.2 Å². The third kappa shape index (κ3) is 5.70. The molecule has 0 saturated carbocycles. The van der Waals surface area contributed by atoms with Crippen LogP contribution in [-0.2, 0) is 0 Å². The first-order valence-electron chi connectivity index (χ1n) is 2.55. The summed E-state index contributed by atoms with van der Waals surface area (Å²) in [5.41, 5.74) is 0. The van der Waals surface area contributed by atoms with Gasteiger partial charge in [0.15, 0.2) is 0 Å². The highest BCUT2D eigenvalue weighted by Crippen LogP contribution is 1.90. The van der Waals surface area contributed by atoms with Crippen molar-refractivity contribution >= 4 is 0 Å². The van der Waals surface area contributed by atoms with Gasteiger partial charge >= 0.3 is 0 Å². The Labute approximate surface area is 44.7 Å². The van der Waals surface area contributed by atoms with Gasteiger partial charge in [0, 0.05) is 0 Å². The minimum Gasteiger partial charge on any atom is -0.392 e. The standard InChI is InChI=1S/C6H12O/c1-6(2)4-3-5-7/h3-4,6-7H,5H2,1-2H3/b4-3+. The summed E-state index contributed by atoms with van der Waals surface area (Å²) in [5.74, 6) is 0.562. The Kier molecular flexibility index (Phi) is 3.71. The van der Waals surface area contributed by atoms with Crippen LogP contribution in [0.3, 0.4) is 0 Å². The molecule has 1 heteroatoms. The molecule has 0 radical (unpaired) electrons. The van der Waals surface area contributed by atoms with Gasteiger partial charge < -0.3 is 5.11 Å². The van der Waals surface area contributed by atoms with E-state index < -0.39 is 0 Å². The zero-order chi connectivity index (χ0) is 5.70. The van der Waals surface area contributed by atoms with Crippen LogP contribution in [0.5, 0.6) is 0 Å². The third-order valence-electron chi connectivity index (χ3n) is 0.626. The van der Waals surface area contributed by atoms with Gasteiger partial charge in [0.25, 0.3) is 0 Å². The van der Waals surface area contributed by atoms with E-state index in [0.29, 0.717) is 5.92 Å². The van der Waals surface area contributed by atoms with E-state index in [1.54, 1.807) is 6.08 Å². The molecule has 0 heterocycles. The molecule has 1 N–H and O–H groups in total. The van der Waals surface area contributed by atoms with Crippen LogP contribution < -0.4 is 0 Å². The van der Waals surface area contributed by atoms with Crippen LogP contribution >= 0.6 is 0 Å². The quantitative estimate of drug-likeness (QED) is 0.517. The third-order valence-corrected chi connectivity index (χ3v) is 0.626. The Hall–Kier alpha value is -0.300. The summed E-state index contributed by atoms with van der Waals surface area (Å²) in [4.78, 5) is 0. The molecule has 0 rings (SSSR count). The first-order valence-corrected chi connectivity index (χ1v) is 2.55. The Bertz CT molecular complexity index is 55.2. The number of hydrogen-bond acceptors (Lipinski definition) is 1. The SMILES string of the molecule is CC(C)/C=C/CO. The smallest absolute Gasteiger partial charge is 0.0612 e. The number of hydrogen-bond donors (Lipinski definition) is 1. The molecular formula is C6H12O. The molecule has 0 bridgehead atoms. The Morgan fingerprint density at radius 3 is 2.29 bits per heavy atom. The van der Waals surface area contributed by atoms with E-state index in [-0.39, 0.29) is 6.61 Å². The van der Waals surface area contributed by atoms with E-state index in [0.717, 1.165) is 0 Å². The van der Waals surface area contributed by atoms with Gasteiger partial charge in [0.05, 0.1) is 6.61 Å². The molecule has 0 amide bonds. The second-order valence-corrected chi connectivity index (χ2v) is 1.85. The summed E-state index contributed by atoms with van der Waals surface area (Å²) in [5, 5.41) is 8.23. The largest absolute Gasteiger partial charge is 0.392 e. The second-order valence-electron chi connectivity index (χ2n) is 1.85. The highest BCUT2D eigenvalue weighted by molar-refractivity contribution is 4.83. The molecule has 0 aliphatic rings. The maximum atomic E-state index is 8.23. The molecule has 0 aromatic heterocycles. The maximum Gasteiger partial charge on any atom is 0.0612 e. The van der Waals surface area contributed by atoms with E-state index >= 15 is 0 Å². The average Bonchev–Trinajstić information content (AvgIpc) is 1.61. The minimum absolute atomic E-state index is 0.165. The highest BCUT2D eigenvalue weighted by Gasteiger charge is 1.78. The van der Waals surface area contributed by atoms with Gasteiger partial charge in [0.1, 0.15) is 0 Å². The fourth-order valence-electron chi connectivity index (χ4n) is 0.333. The van der Waals surface area contributed by atoms with E-state index in [1.807, 2.05) is 6.08 Å². The molecular weight excluding hydrogens is 88.1 g/mol. The van der Waals surface area contributed by atoms with Crippen LogP contribution in [0.4, 0.5) is 0 Å². The number of allylic oxidation sites excluding steroid dienone is 1. The van der Waals surface area contributed by atoms with Crippen molar-refractivity contribution in [1.29, 1.82) is 0 Å². The zero-order valence-electron chi connectivity index (χ0n) is 4.89. The number of rotatable bonds is 2. The summed E-state index contributed by atoms with van der Waals surface area (Å²) < 4.78 is 0. The van der Waals surface area contributed by atoms with E-state index in [9.17, 15) is 0 Å². The average molecular weight is 100 g/mol. The van der Waals surface area contributed by atoms with Crippen LogP contribution in [-0.4, -0.2) is 11.7 Å². The van der Waals surface area contributed by atoms with Gasteiger partial charge in [-0.3, -0.25) is 0 Å². The molecule has 42 valence electrons. The second kappa shape index (κ2) is 3.88. The van der Waals surface area contributed by atoms with Crippen molar-refractivity contribution in [2.45, 2.75) is 13.8 Å². The van der Waals surface area contributed by atoms with E-state index in [1.165, 1.54) is 0 Å². The van der Waals surface area contributed by atoms with Crippen LogP contribution in [0.15, 0.2) is 12.2 Å². The van der Waals surface area contributed by atoms with Crippen molar-refractivity contribution in [1.82, 2.24) is 0 Å². The van der Waals surface area contributed by atoms with Crippen LogP contribution in [0.2, 0.25) is 0 Å². The van der Waals surface area contributed by atoms with Crippen molar-refractivity contribution in [3.05, 3.63) is 12.2 Å². The van der Waals surface area contributed by atoms with Crippen LogP contribution in [0, 0.1) is 5.92 Å². The fraction of sp³-hybridized carbons (Fsp3) is 0.667. The Balaban J connectivity index is 3.08. The predicted molar refractivity (Wildman–Crippen MR) is 31.1 cm³/mol. The van der Waals surface area contributed by atoms with E-state index in [2.05, 4.69) is 13.8 Å². The van der Waals surface area contributed by atoms with Crippen molar-refractivity contribution in [3.8, 4) is 0 Å². The number of aliphatic hydroxyl groups excluding tert-OH is 1. The van der Waals surface area contributed by atoms with Gasteiger partial charge in [-0.1, -0.05) is 26.0 Å². The first-order chi connectivity index (χ1) is 3.27. The van der Waals surface area contributed by atoms with Gasteiger partial charge in [-0.25, -0.2) is 0 Å². The highest BCUT2D eigenvalue weighted by atomic mass is 16.2. The molecule has 0 fully saturated rings. The van der Waals surface area contributed by atoms with Crippen molar-refractivity contribution in [2.75, 3.05) is 6.61 Å². The molecule has 0 aliphatic heterocycles. The van der Waals surface area contributed by atoms with Gasteiger partial charge in [-0.15, -0.1) is 0 Å². The molecule has 1 nitrogen and oxygen atoms in total. The summed E-state index contributed by atoms with van der Waals surface area (Å²) in [7, 11) is 0.